The number of terminal acetylenes is 1. The monoisotopic (exact) mass is 357 g/mol. The number of rotatable bonds is 4. The minimum Gasteiger partial charge on any atom is -0.480 e. The molecular formula is C19H14F3N3O. The van der Waals surface area contributed by atoms with Crippen molar-refractivity contribution < 1.29 is 17.9 Å². The number of halogens is 3. The molecule has 0 N–H and O–H groups in total. The van der Waals surface area contributed by atoms with Crippen LogP contribution in [-0.2, 0) is 13.2 Å². The van der Waals surface area contributed by atoms with Crippen LogP contribution in [0.3, 0.4) is 0 Å². The van der Waals surface area contributed by atoms with Gasteiger partial charge in [-0.25, -0.2) is 0 Å². The van der Waals surface area contributed by atoms with Crippen molar-refractivity contribution in [3.8, 4) is 40.9 Å². The second-order valence-electron chi connectivity index (χ2n) is 5.44. The largest absolute Gasteiger partial charge is 0.480 e. The van der Waals surface area contributed by atoms with E-state index in [4.69, 9.17) is 11.2 Å². The van der Waals surface area contributed by atoms with Gasteiger partial charge in [-0.3, -0.25) is 0 Å². The second kappa shape index (κ2) is 6.92. The molecule has 0 aliphatic heterocycles. The van der Waals surface area contributed by atoms with Crippen LogP contribution in [-0.4, -0.2) is 21.4 Å². The standard InChI is InChI=1S/C19H14F3N3O/c1-3-12-26-16-11-7-5-9-14(16)18-24-23-17(25(18)2)13-8-4-6-10-15(13)19(20,21)22/h1,4-11H,12H2,2H3. The first-order valence-corrected chi connectivity index (χ1v) is 7.65. The Bertz CT molecular complexity index is 971. The minimum atomic E-state index is -4.49. The fraction of sp³-hybridized carbons (Fsp3) is 0.158. The number of hydrogen-bond donors (Lipinski definition) is 0. The summed E-state index contributed by atoms with van der Waals surface area (Å²) < 4.78 is 46.9. The summed E-state index contributed by atoms with van der Waals surface area (Å²) in [4.78, 5) is 0. The fourth-order valence-electron chi connectivity index (χ4n) is 2.62. The first kappa shape index (κ1) is 17.5. The summed E-state index contributed by atoms with van der Waals surface area (Å²) in [5.41, 5.74) is -0.212. The second-order valence-corrected chi connectivity index (χ2v) is 5.44. The van der Waals surface area contributed by atoms with E-state index in [1.54, 1.807) is 31.3 Å². The van der Waals surface area contributed by atoms with Crippen LogP contribution in [0.4, 0.5) is 13.2 Å². The molecule has 3 aromatic rings. The SMILES string of the molecule is C#CCOc1ccccc1-c1nnc(-c2ccccc2C(F)(F)F)n1C. The van der Waals surface area contributed by atoms with Crippen LogP contribution in [0.1, 0.15) is 5.56 Å². The number of benzene rings is 2. The van der Waals surface area contributed by atoms with E-state index in [1.165, 1.54) is 22.8 Å². The van der Waals surface area contributed by atoms with E-state index in [0.29, 0.717) is 17.1 Å². The lowest BCUT2D eigenvalue weighted by Gasteiger charge is -2.13. The lowest BCUT2D eigenvalue weighted by Crippen LogP contribution is -2.08. The van der Waals surface area contributed by atoms with Gasteiger partial charge < -0.3 is 9.30 Å². The average molecular weight is 357 g/mol. The highest BCUT2D eigenvalue weighted by atomic mass is 19.4. The molecule has 7 heteroatoms. The van der Waals surface area contributed by atoms with Gasteiger partial charge in [-0.1, -0.05) is 36.3 Å². The number of ether oxygens (including phenoxy) is 1. The zero-order valence-electron chi connectivity index (χ0n) is 13.8. The van der Waals surface area contributed by atoms with E-state index in [-0.39, 0.29) is 18.0 Å². The molecule has 26 heavy (non-hydrogen) atoms. The molecule has 3 rings (SSSR count). The summed E-state index contributed by atoms with van der Waals surface area (Å²) in [7, 11) is 1.61. The highest BCUT2D eigenvalue weighted by molar-refractivity contribution is 5.69. The van der Waals surface area contributed by atoms with Crippen molar-refractivity contribution in [1.82, 2.24) is 14.8 Å². The van der Waals surface area contributed by atoms with E-state index >= 15 is 0 Å². The van der Waals surface area contributed by atoms with Crippen LogP contribution in [0.25, 0.3) is 22.8 Å². The Morgan fingerprint density at radius 2 is 1.58 bits per heavy atom. The van der Waals surface area contributed by atoms with Crippen LogP contribution in [0.5, 0.6) is 5.75 Å². The Kier molecular flexibility index (Phi) is 4.67. The highest BCUT2D eigenvalue weighted by Gasteiger charge is 2.34. The van der Waals surface area contributed by atoms with Crippen LogP contribution < -0.4 is 4.74 Å². The molecule has 1 heterocycles. The molecule has 2 aromatic carbocycles. The van der Waals surface area contributed by atoms with Crippen molar-refractivity contribution in [3.63, 3.8) is 0 Å². The Labute approximate surface area is 148 Å². The predicted octanol–water partition coefficient (Wildman–Crippen LogP) is 4.18. The van der Waals surface area contributed by atoms with E-state index < -0.39 is 11.7 Å². The van der Waals surface area contributed by atoms with Crippen molar-refractivity contribution in [2.24, 2.45) is 7.05 Å². The summed E-state index contributed by atoms with van der Waals surface area (Å²) in [6.07, 6.45) is 0.728. The van der Waals surface area contributed by atoms with Crippen LogP contribution in [0.2, 0.25) is 0 Å². The molecule has 0 saturated carbocycles. The van der Waals surface area contributed by atoms with Gasteiger partial charge in [0, 0.05) is 12.6 Å². The molecule has 0 aliphatic rings. The van der Waals surface area contributed by atoms with E-state index in [2.05, 4.69) is 16.1 Å². The number of para-hydroxylation sites is 1. The van der Waals surface area contributed by atoms with Crippen LogP contribution in [0, 0.1) is 12.3 Å². The van der Waals surface area contributed by atoms with Crippen molar-refractivity contribution in [2.45, 2.75) is 6.18 Å². The Morgan fingerprint density at radius 1 is 1.00 bits per heavy atom. The summed E-state index contributed by atoms with van der Waals surface area (Å²) in [6, 6.07) is 12.3. The molecule has 0 fully saturated rings. The molecule has 0 atom stereocenters. The molecule has 1 aromatic heterocycles. The van der Waals surface area contributed by atoms with Gasteiger partial charge in [0.1, 0.15) is 12.4 Å². The van der Waals surface area contributed by atoms with Gasteiger partial charge in [-0.2, -0.15) is 13.2 Å². The normalized spacial score (nSPS) is 11.2. The molecule has 0 aliphatic carbocycles. The maximum absolute atomic E-state index is 13.3. The Hall–Kier alpha value is -3.27. The fourth-order valence-corrected chi connectivity index (χ4v) is 2.62. The quantitative estimate of drug-likeness (QED) is 0.658. The number of aromatic nitrogens is 3. The zero-order valence-corrected chi connectivity index (χ0v) is 13.8. The van der Waals surface area contributed by atoms with Gasteiger partial charge in [0.2, 0.25) is 0 Å². The lowest BCUT2D eigenvalue weighted by atomic mass is 10.1. The van der Waals surface area contributed by atoms with Gasteiger partial charge in [-0.05, 0) is 18.2 Å². The zero-order chi connectivity index (χ0) is 18.7. The smallest absolute Gasteiger partial charge is 0.417 e. The molecule has 0 radical (unpaired) electrons. The maximum Gasteiger partial charge on any atom is 0.417 e. The van der Waals surface area contributed by atoms with Crippen LogP contribution >= 0.6 is 0 Å². The van der Waals surface area contributed by atoms with Crippen LogP contribution in [0.15, 0.2) is 48.5 Å². The topological polar surface area (TPSA) is 39.9 Å². The van der Waals surface area contributed by atoms with Gasteiger partial charge in [0.15, 0.2) is 11.6 Å². The van der Waals surface area contributed by atoms with Crippen molar-refractivity contribution in [2.75, 3.05) is 6.61 Å². The Morgan fingerprint density at radius 3 is 2.23 bits per heavy atom. The van der Waals surface area contributed by atoms with Gasteiger partial charge in [0.25, 0.3) is 0 Å². The molecular weight excluding hydrogens is 343 g/mol. The first-order chi connectivity index (χ1) is 12.4. The van der Waals surface area contributed by atoms with Crippen molar-refractivity contribution >= 4 is 0 Å². The molecule has 0 bridgehead atoms. The number of hydrogen-bond acceptors (Lipinski definition) is 3. The molecule has 0 saturated heterocycles. The van der Waals surface area contributed by atoms with Crippen molar-refractivity contribution in [3.05, 3.63) is 54.1 Å². The summed E-state index contributed by atoms with van der Waals surface area (Å²) in [5.74, 6) is 3.35. The van der Waals surface area contributed by atoms with Gasteiger partial charge in [-0.15, -0.1) is 16.6 Å². The van der Waals surface area contributed by atoms with Gasteiger partial charge in [0.05, 0.1) is 11.1 Å². The third-order valence-electron chi connectivity index (χ3n) is 3.79. The summed E-state index contributed by atoms with van der Waals surface area (Å²) in [6.45, 7) is 0.0681. The first-order valence-electron chi connectivity index (χ1n) is 7.65. The third kappa shape index (κ3) is 3.26. The Balaban J connectivity index is 2.11. The predicted molar refractivity (Wildman–Crippen MR) is 91.2 cm³/mol. The average Bonchev–Trinajstić information content (AvgIpc) is 3.00. The van der Waals surface area contributed by atoms with Gasteiger partial charge >= 0.3 is 6.18 Å². The number of alkyl halides is 3. The molecule has 0 amide bonds. The summed E-state index contributed by atoms with van der Waals surface area (Å²) >= 11 is 0. The summed E-state index contributed by atoms with van der Waals surface area (Å²) in [5, 5.41) is 8.04. The number of nitrogens with zero attached hydrogens (tertiary/aromatic N) is 3. The van der Waals surface area contributed by atoms with E-state index in [9.17, 15) is 13.2 Å². The van der Waals surface area contributed by atoms with E-state index in [1.807, 2.05) is 0 Å². The molecule has 0 spiro atoms. The lowest BCUT2D eigenvalue weighted by molar-refractivity contribution is -0.137. The van der Waals surface area contributed by atoms with Crippen molar-refractivity contribution in [1.29, 1.82) is 0 Å². The molecule has 132 valence electrons. The highest BCUT2D eigenvalue weighted by Crippen LogP contribution is 2.37. The maximum atomic E-state index is 13.3. The third-order valence-corrected chi connectivity index (χ3v) is 3.79. The molecule has 0 unspecified atom stereocenters. The molecule has 4 nitrogen and oxygen atoms in total. The minimum absolute atomic E-state index is 0.0386. The van der Waals surface area contributed by atoms with E-state index in [0.717, 1.165) is 6.07 Å².